The minimum atomic E-state index is 0.776. The molecule has 98 valence electrons. The van der Waals surface area contributed by atoms with Gasteiger partial charge in [-0.2, -0.15) is 0 Å². The van der Waals surface area contributed by atoms with Crippen LogP contribution in [-0.4, -0.2) is 6.61 Å². The smallest absolute Gasteiger partial charge is 0.122 e. The Bertz CT molecular complexity index is 610. The molecule has 0 amide bonds. The summed E-state index contributed by atoms with van der Waals surface area (Å²) in [5, 5.41) is 4.22. The number of benzene rings is 2. The zero-order valence-electron chi connectivity index (χ0n) is 10.9. The van der Waals surface area contributed by atoms with Gasteiger partial charge < -0.3 is 10.1 Å². The van der Waals surface area contributed by atoms with Gasteiger partial charge in [-0.25, -0.2) is 0 Å². The van der Waals surface area contributed by atoms with Crippen molar-refractivity contribution in [3.63, 3.8) is 0 Å². The van der Waals surface area contributed by atoms with Gasteiger partial charge in [0, 0.05) is 23.7 Å². The molecule has 1 aliphatic rings. The largest absolute Gasteiger partial charge is 0.493 e. The number of halogens is 1. The molecule has 0 aliphatic carbocycles. The molecule has 2 aromatic rings. The molecular formula is C16H16ClNO. The monoisotopic (exact) mass is 273 g/mol. The van der Waals surface area contributed by atoms with Crippen LogP contribution in [0.4, 0.5) is 5.69 Å². The third-order valence-electron chi connectivity index (χ3n) is 3.43. The van der Waals surface area contributed by atoms with E-state index in [2.05, 4.69) is 30.4 Å². The molecule has 2 aromatic carbocycles. The van der Waals surface area contributed by atoms with Crippen LogP contribution in [0.25, 0.3) is 0 Å². The van der Waals surface area contributed by atoms with E-state index in [0.717, 1.165) is 41.6 Å². The predicted octanol–water partition coefficient (Wildman–Crippen LogP) is 4.20. The van der Waals surface area contributed by atoms with Crippen molar-refractivity contribution in [2.24, 2.45) is 0 Å². The van der Waals surface area contributed by atoms with E-state index in [1.54, 1.807) is 0 Å². The van der Waals surface area contributed by atoms with Crippen LogP contribution >= 0.6 is 11.6 Å². The van der Waals surface area contributed by atoms with Gasteiger partial charge in [-0.15, -0.1) is 0 Å². The molecule has 0 radical (unpaired) electrons. The van der Waals surface area contributed by atoms with Gasteiger partial charge in [0.15, 0.2) is 0 Å². The fourth-order valence-corrected chi connectivity index (χ4v) is 2.60. The maximum absolute atomic E-state index is 5.96. The number of fused-ring (bicyclic) bond motifs is 1. The van der Waals surface area contributed by atoms with Crippen LogP contribution in [0.3, 0.4) is 0 Å². The fraction of sp³-hybridized carbons (Fsp3) is 0.250. The average molecular weight is 274 g/mol. The maximum atomic E-state index is 5.96. The Kier molecular flexibility index (Phi) is 3.34. The van der Waals surface area contributed by atoms with Gasteiger partial charge >= 0.3 is 0 Å². The summed E-state index contributed by atoms with van der Waals surface area (Å²) >= 11 is 5.96. The van der Waals surface area contributed by atoms with E-state index >= 15 is 0 Å². The molecule has 0 bridgehead atoms. The fourth-order valence-electron chi connectivity index (χ4n) is 2.37. The lowest BCUT2D eigenvalue weighted by atomic mass is 10.1. The molecule has 0 spiro atoms. The first-order chi connectivity index (χ1) is 9.22. The van der Waals surface area contributed by atoms with Crippen LogP contribution in [0.15, 0.2) is 36.4 Å². The lowest BCUT2D eigenvalue weighted by Gasteiger charge is -2.10. The van der Waals surface area contributed by atoms with Gasteiger partial charge in [0.25, 0.3) is 0 Å². The number of hydrogen-bond donors (Lipinski definition) is 1. The van der Waals surface area contributed by atoms with Crippen molar-refractivity contribution in [1.82, 2.24) is 0 Å². The highest BCUT2D eigenvalue weighted by Gasteiger charge is 2.11. The molecule has 3 heteroatoms. The number of hydrogen-bond acceptors (Lipinski definition) is 2. The summed E-state index contributed by atoms with van der Waals surface area (Å²) in [6.07, 6.45) is 1.02. The quantitative estimate of drug-likeness (QED) is 0.905. The first-order valence-electron chi connectivity index (χ1n) is 6.47. The lowest BCUT2D eigenvalue weighted by molar-refractivity contribution is 0.357. The van der Waals surface area contributed by atoms with E-state index in [4.69, 9.17) is 16.3 Å². The van der Waals surface area contributed by atoms with Crippen molar-refractivity contribution >= 4 is 17.3 Å². The molecule has 1 aliphatic heterocycles. The normalized spacial score (nSPS) is 12.9. The molecule has 1 N–H and O–H groups in total. The highest BCUT2D eigenvalue weighted by molar-refractivity contribution is 6.30. The van der Waals surface area contributed by atoms with Gasteiger partial charge in [0.2, 0.25) is 0 Å². The third kappa shape index (κ3) is 2.69. The van der Waals surface area contributed by atoms with E-state index in [9.17, 15) is 0 Å². The second kappa shape index (κ2) is 5.14. The zero-order valence-corrected chi connectivity index (χ0v) is 11.6. The van der Waals surface area contributed by atoms with Crippen molar-refractivity contribution in [3.8, 4) is 5.75 Å². The molecule has 0 atom stereocenters. The first kappa shape index (κ1) is 12.4. The number of rotatable bonds is 3. The number of nitrogens with one attached hydrogen (secondary N) is 1. The molecule has 0 aromatic heterocycles. The predicted molar refractivity (Wildman–Crippen MR) is 79.2 cm³/mol. The molecule has 3 rings (SSSR count). The Morgan fingerprint density at radius 2 is 2.11 bits per heavy atom. The summed E-state index contributed by atoms with van der Waals surface area (Å²) in [4.78, 5) is 0. The van der Waals surface area contributed by atoms with Crippen LogP contribution in [0.2, 0.25) is 5.02 Å². The Hall–Kier alpha value is -1.67. The van der Waals surface area contributed by atoms with Gasteiger partial charge in [0.1, 0.15) is 5.75 Å². The molecule has 1 heterocycles. The minimum Gasteiger partial charge on any atom is -0.493 e. The molecule has 19 heavy (non-hydrogen) atoms. The van der Waals surface area contributed by atoms with Crippen LogP contribution in [0.5, 0.6) is 5.75 Å². The standard InChI is InChI=1S/C16H16ClNO/c1-11-8-14(17)3-4-15(11)18-10-12-2-5-16-13(9-12)6-7-19-16/h2-5,8-9,18H,6-7,10H2,1H3. The summed E-state index contributed by atoms with van der Waals surface area (Å²) in [6.45, 7) is 3.68. The minimum absolute atomic E-state index is 0.776. The number of anilines is 1. The number of ether oxygens (including phenoxy) is 1. The van der Waals surface area contributed by atoms with Gasteiger partial charge in [0.05, 0.1) is 6.61 Å². The van der Waals surface area contributed by atoms with Crippen molar-refractivity contribution in [2.75, 3.05) is 11.9 Å². The lowest BCUT2D eigenvalue weighted by Crippen LogP contribution is -2.01. The zero-order chi connectivity index (χ0) is 13.2. The first-order valence-corrected chi connectivity index (χ1v) is 6.85. The van der Waals surface area contributed by atoms with Crippen molar-refractivity contribution in [3.05, 3.63) is 58.1 Å². The van der Waals surface area contributed by atoms with Gasteiger partial charge in [-0.1, -0.05) is 23.7 Å². The second-order valence-corrected chi connectivity index (χ2v) is 5.29. The van der Waals surface area contributed by atoms with E-state index in [1.807, 2.05) is 18.2 Å². The molecule has 0 saturated heterocycles. The summed E-state index contributed by atoms with van der Waals surface area (Å²) in [5.74, 6) is 1.03. The highest BCUT2D eigenvalue weighted by Crippen LogP contribution is 2.26. The van der Waals surface area contributed by atoms with Crippen LogP contribution in [-0.2, 0) is 13.0 Å². The summed E-state index contributed by atoms with van der Waals surface area (Å²) in [7, 11) is 0. The Morgan fingerprint density at radius 3 is 2.95 bits per heavy atom. The van der Waals surface area contributed by atoms with Crippen LogP contribution in [0.1, 0.15) is 16.7 Å². The van der Waals surface area contributed by atoms with Gasteiger partial charge in [-0.05, 0) is 47.9 Å². The summed E-state index contributed by atoms with van der Waals surface area (Å²) in [5.41, 5.74) is 4.88. The van der Waals surface area contributed by atoms with Crippen molar-refractivity contribution < 1.29 is 4.74 Å². The molecule has 0 saturated carbocycles. The second-order valence-electron chi connectivity index (χ2n) is 4.85. The van der Waals surface area contributed by atoms with E-state index in [0.29, 0.717) is 0 Å². The van der Waals surface area contributed by atoms with Crippen LogP contribution in [0, 0.1) is 6.92 Å². The average Bonchev–Trinajstić information content (AvgIpc) is 2.85. The van der Waals surface area contributed by atoms with Crippen LogP contribution < -0.4 is 10.1 Å². The topological polar surface area (TPSA) is 21.3 Å². The van der Waals surface area contributed by atoms with E-state index < -0.39 is 0 Å². The Labute approximate surface area is 118 Å². The SMILES string of the molecule is Cc1cc(Cl)ccc1NCc1ccc2c(c1)CCO2. The van der Waals surface area contributed by atoms with Gasteiger partial charge in [-0.3, -0.25) is 0 Å². The maximum Gasteiger partial charge on any atom is 0.122 e. The number of aryl methyl sites for hydroxylation is 1. The summed E-state index contributed by atoms with van der Waals surface area (Å²) < 4.78 is 5.51. The van der Waals surface area contributed by atoms with Crippen molar-refractivity contribution in [2.45, 2.75) is 19.9 Å². The Morgan fingerprint density at radius 1 is 1.21 bits per heavy atom. The highest BCUT2D eigenvalue weighted by atomic mass is 35.5. The van der Waals surface area contributed by atoms with E-state index in [1.165, 1.54) is 11.1 Å². The van der Waals surface area contributed by atoms with Crippen molar-refractivity contribution in [1.29, 1.82) is 0 Å². The van der Waals surface area contributed by atoms with E-state index in [-0.39, 0.29) is 0 Å². The molecule has 2 nitrogen and oxygen atoms in total. The molecule has 0 fully saturated rings. The summed E-state index contributed by atoms with van der Waals surface area (Å²) in [6, 6.07) is 12.3. The molecule has 0 unspecified atom stereocenters. The molecular weight excluding hydrogens is 258 g/mol. The Balaban J connectivity index is 1.72. The third-order valence-corrected chi connectivity index (χ3v) is 3.66.